The second-order valence-electron chi connectivity index (χ2n) is 4.74. The van der Waals surface area contributed by atoms with Gasteiger partial charge in [-0.15, -0.1) is 0 Å². The average Bonchev–Trinajstić information content (AvgIpc) is 2.60. The van der Waals surface area contributed by atoms with Gasteiger partial charge in [0, 0.05) is 0 Å². The largest absolute Gasteiger partial charge is 0.430 e. The summed E-state index contributed by atoms with van der Waals surface area (Å²) in [4.78, 5) is 0. The van der Waals surface area contributed by atoms with Crippen molar-refractivity contribution in [1.82, 2.24) is 0 Å². The Morgan fingerprint density at radius 1 is 0.643 bits per heavy atom. The SMILES string of the molecule is FCC(F)(F)Oc1cc(C(F)=C(F)F)c(OC(F)(F)CF)cc1C(F)=C(F)F. The molecule has 0 saturated carbocycles. The lowest BCUT2D eigenvalue weighted by Gasteiger charge is -2.21. The minimum Gasteiger partial charge on any atom is -0.430 e. The van der Waals surface area contributed by atoms with Crippen LogP contribution in [0, 0.1) is 0 Å². The Labute approximate surface area is 147 Å². The van der Waals surface area contributed by atoms with Gasteiger partial charge < -0.3 is 9.47 Å². The van der Waals surface area contributed by atoms with Crippen molar-refractivity contribution >= 4 is 11.7 Å². The summed E-state index contributed by atoms with van der Waals surface area (Å²) in [6, 6.07) is -0.695. The molecule has 0 radical (unpaired) electrons. The summed E-state index contributed by atoms with van der Waals surface area (Å²) >= 11 is 0. The molecule has 1 aromatic carbocycles. The van der Waals surface area contributed by atoms with Crippen LogP contribution in [0.2, 0.25) is 0 Å². The van der Waals surface area contributed by atoms with Crippen LogP contribution in [0.4, 0.5) is 52.7 Å². The highest BCUT2D eigenvalue weighted by Crippen LogP contribution is 2.43. The molecule has 0 N–H and O–H groups in total. The molecule has 0 fully saturated rings. The molecule has 158 valence electrons. The van der Waals surface area contributed by atoms with Crippen molar-refractivity contribution in [2.24, 2.45) is 0 Å². The maximum absolute atomic E-state index is 13.5. The molecule has 0 spiro atoms. The van der Waals surface area contributed by atoms with E-state index in [-0.39, 0.29) is 12.1 Å². The normalized spacial score (nSPS) is 11.9. The fourth-order valence-electron chi connectivity index (χ4n) is 1.65. The maximum atomic E-state index is 13.5. The zero-order valence-corrected chi connectivity index (χ0v) is 12.9. The number of ether oxygens (including phenoxy) is 2. The standard InChI is InChI=1S/C14H6F12O2/c15-3-13(23,24)27-7-1-5(9(17)11(19)20)8(28-14(25,26)4-16)2-6(7)10(18)12(21)22/h1-2H,3-4H2. The molecular weight excluding hydrogens is 428 g/mol. The van der Waals surface area contributed by atoms with Crippen molar-refractivity contribution in [1.29, 1.82) is 0 Å². The lowest BCUT2D eigenvalue weighted by Crippen LogP contribution is -2.28. The molecule has 0 bridgehead atoms. The van der Waals surface area contributed by atoms with Crippen molar-refractivity contribution < 1.29 is 62.2 Å². The van der Waals surface area contributed by atoms with Gasteiger partial charge in [0.15, 0.2) is 25.0 Å². The van der Waals surface area contributed by atoms with Crippen molar-refractivity contribution in [3.63, 3.8) is 0 Å². The zero-order chi connectivity index (χ0) is 21.9. The molecule has 0 atom stereocenters. The van der Waals surface area contributed by atoms with Gasteiger partial charge in [-0.1, -0.05) is 0 Å². The van der Waals surface area contributed by atoms with E-state index in [2.05, 4.69) is 9.47 Å². The van der Waals surface area contributed by atoms with Crippen LogP contribution >= 0.6 is 0 Å². The molecule has 0 unspecified atom stereocenters. The van der Waals surface area contributed by atoms with Crippen LogP contribution in [-0.2, 0) is 0 Å². The van der Waals surface area contributed by atoms with E-state index in [1.165, 1.54) is 0 Å². The molecule has 0 saturated heterocycles. The molecule has 28 heavy (non-hydrogen) atoms. The van der Waals surface area contributed by atoms with Gasteiger partial charge in [-0.2, -0.15) is 35.1 Å². The average molecular weight is 434 g/mol. The minimum absolute atomic E-state index is 0.348. The van der Waals surface area contributed by atoms with Gasteiger partial charge >= 0.3 is 24.4 Å². The molecule has 0 heterocycles. The van der Waals surface area contributed by atoms with Crippen LogP contribution in [0.1, 0.15) is 11.1 Å². The molecule has 0 amide bonds. The lowest BCUT2D eigenvalue weighted by molar-refractivity contribution is -0.188. The van der Waals surface area contributed by atoms with E-state index >= 15 is 0 Å². The topological polar surface area (TPSA) is 18.5 Å². The van der Waals surface area contributed by atoms with Gasteiger partial charge in [0.2, 0.25) is 0 Å². The van der Waals surface area contributed by atoms with Gasteiger partial charge in [0.05, 0.1) is 11.1 Å². The Balaban J connectivity index is 3.83. The van der Waals surface area contributed by atoms with Gasteiger partial charge in [0.25, 0.3) is 0 Å². The zero-order valence-electron chi connectivity index (χ0n) is 12.9. The number of hydrogen-bond donors (Lipinski definition) is 0. The molecule has 0 aliphatic heterocycles. The van der Waals surface area contributed by atoms with Crippen LogP contribution in [0.15, 0.2) is 24.3 Å². The third-order valence-corrected chi connectivity index (χ3v) is 2.72. The Kier molecular flexibility index (Phi) is 7.26. The van der Waals surface area contributed by atoms with E-state index in [1.807, 2.05) is 0 Å². The highest BCUT2D eigenvalue weighted by molar-refractivity contribution is 5.75. The van der Waals surface area contributed by atoms with Crippen LogP contribution in [0.25, 0.3) is 11.7 Å². The van der Waals surface area contributed by atoms with E-state index in [4.69, 9.17) is 0 Å². The Morgan fingerprint density at radius 3 is 1.14 bits per heavy atom. The molecule has 0 aromatic heterocycles. The summed E-state index contributed by atoms with van der Waals surface area (Å²) in [5, 5.41) is 0. The fourth-order valence-corrected chi connectivity index (χ4v) is 1.65. The highest BCUT2D eigenvalue weighted by Gasteiger charge is 2.37. The van der Waals surface area contributed by atoms with Gasteiger partial charge in [-0.3, -0.25) is 0 Å². The van der Waals surface area contributed by atoms with Gasteiger partial charge in [0.1, 0.15) is 11.5 Å². The third-order valence-electron chi connectivity index (χ3n) is 2.72. The van der Waals surface area contributed by atoms with Gasteiger partial charge in [-0.25, -0.2) is 17.6 Å². The van der Waals surface area contributed by atoms with Crippen molar-refractivity contribution in [3.8, 4) is 11.5 Å². The first-order valence-corrected chi connectivity index (χ1v) is 6.60. The number of alkyl halides is 6. The number of rotatable bonds is 8. The molecule has 0 aliphatic carbocycles. The van der Waals surface area contributed by atoms with Crippen molar-refractivity contribution in [2.45, 2.75) is 12.2 Å². The second-order valence-corrected chi connectivity index (χ2v) is 4.74. The highest BCUT2D eigenvalue weighted by atomic mass is 19.3. The number of hydrogen-bond acceptors (Lipinski definition) is 2. The second kappa shape index (κ2) is 8.65. The fraction of sp³-hybridized carbons (Fsp3) is 0.286. The summed E-state index contributed by atoms with van der Waals surface area (Å²) in [5.41, 5.74) is -3.62. The van der Waals surface area contributed by atoms with Gasteiger partial charge in [-0.05, 0) is 12.1 Å². The van der Waals surface area contributed by atoms with Crippen LogP contribution in [0.5, 0.6) is 11.5 Å². The van der Waals surface area contributed by atoms with E-state index in [1.54, 1.807) is 0 Å². The maximum Gasteiger partial charge on any atom is 0.427 e. The van der Waals surface area contributed by atoms with Crippen molar-refractivity contribution in [3.05, 3.63) is 35.4 Å². The summed E-state index contributed by atoms with van der Waals surface area (Å²) in [6.45, 7) is -5.22. The molecule has 2 nitrogen and oxygen atoms in total. The van der Waals surface area contributed by atoms with Crippen molar-refractivity contribution in [2.75, 3.05) is 13.3 Å². The third kappa shape index (κ3) is 5.73. The number of halogens is 12. The van der Waals surface area contributed by atoms with Crippen LogP contribution in [0.3, 0.4) is 0 Å². The Hall–Kier alpha value is -2.54. The van der Waals surface area contributed by atoms with Crippen LogP contribution in [-0.4, -0.2) is 25.6 Å². The first kappa shape index (κ1) is 23.5. The Bertz CT molecular complexity index is 713. The molecular formula is C14H6F12O2. The van der Waals surface area contributed by atoms with E-state index < -0.39 is 72.0 Å². The van der Waals surface area contributed by atoms with Crippen LogP contribution < -0.4 is 9.47 Å². The first-order chi connectivity index (χ1) is 12.7. The quantitative estimate of drug-likeness (QED) is 0.428. The summed E-state index contributed by atoms with van der Waals surface area (Å²) in [7, 11) is 0. The summed E-state index contributed by atoms with van der Waals surface area (Å²) in [5.74, 6) is -9.05. The van der Waals surface area contributed by atoms with E-state index in [9.17, 15) is 52.7 Å². The number of benzene rings is 1. The molecule has 1 aromatic rings. The van der Waals surface area contributed by atoms with E-state index in [0.717, 1.165) is 0 Å². The molecule has 14 heteroatoms. The predicted molar refractivity (Wildman–Crippen MR) is 70.0 cm³/mol. The summed E-state index contributed by atoms with van der Waals surface area (Å²) in [6.07, 6.45) is -16.1. The minimum atomic E-state index is -4.82. The molecule has 1 rings (SSSR count). The Morgan fingerprint density at radius 2 is 0.929 bits per heavy atom. The smallest absolute Gasteiger partial charge is 0.427 e. The molecule has 0 aliphatic rings. The first-order valence-electron chi connectivity index (χ1n) is 6.60. The lowest BCUT2D eigenvalue weighted by atomic mass is 10.1. The predicted octanol–water partition coefficient (Wildman–Crippen LogP) is 6.64. The van der Waals surface area contributed by atoms with E-state index in [0.29, 0.717) is 0 Å². The monoisotopic (exact) mass is 434 g/mol. The summed E-state index contributed by atoms with van der Waals surface area (Å²) < 4.78 is 161.